The number of benzene rings is 4. The van der Waals surface area contributed by atoms with Crippen molar-refractivity contribution in [2.24, 2.45) is 0 Å². The standard InChI is InChI=1S/C34H21BN2O3/c38-28-16-4-1-11-23(28)27-15-8-14-26(37-27)21-9-7-10-22(19-21)33-34-32-31(20-36-33)39-29-17-5-2-12-24(29)35(32)25-13-3-6-18-30(25)40-34/h1-20,38H. The molecular weight excluding hydrogens is 495 g/mol. The Morgan fingerprint density at radius 1 is 0.600 bits per heavy atom. The summed E-state index contributed by atoms with van der Waals surface area (Å²) >= 11 is 0. The highest BCUT2D eigenvalue weighted by Crippen LogP contribution is 2.40. The molecular formula is C34H21BN2O3. The smallest absolute Gasteiger partial charge is 0.260 e. The molecule has 0 unspecified atom stereocenters. The molecule has 2 aliphatic heterocycles. The molecule has 40 heavy (non-hydrogen) atoms. The summed E-state index contributed by atoms with van der Waals surface area (Å²) in [6, 6.07) is 37.6. The van der Waals surface area contributed by atoms with Crippen molar-refractivity contribution in [2.75, 3.05) is 0 Å². The monoisotopic (exact) mass is 516 g/mol. The first kappa shape index (κ1) is 22.6. The fourth-order valence-electron chi connectivity index (χ4n) is 5.75. The Balaban J connectivity index is 1.27. The minimum absolute atomic E-state index is 0.0123. The van der Waals surface area contributed by atoms with E-state index in [1.165, 1.54) is 0 Å². The molecule has 0 bridgehead atoms. The van der Waals surface area contributed by atoms with Gasteiger partial charge in [0.1, 0.15) is 28.7 Å². The summed E-state index contributed by atoms with van der Waals surface area (Å²) in [5.41, 5.74) is 8.04. The van der Waals surface area contributed by atoms with Gasteiger partial charge in [0.25, 0.3) is 6.71 Å². The van der Waals surface area contributed by atoms with E-state index in [4.69, 9.17) is 19.4 Å². The Morgan fingerprint density at radius 2 is 1.27 bits per heavy atom. The number of nitrogens with zero attached hydrogens (tertiary/aromatic N) is 2. The van der Waals surface area contributed by atoms with E-state index in [9.17, 15) is 5.11 Å². The lowest BCUT2D eigenvalue weighted by Crippen LogP contribution is -2.57. The molecule has 0 atom stereocenters. The molecule has 2 aromatic heterocycles. The number of pyridine rings is 2. The minimum Gasteiger partial charge on any atom is -0.507 e. The first-order valence-electron chi connectivity index (χ1n) is 13.2. The predicted octanol–water partition coefficient (Wildman–Crippen LogP) is 5.91. The van der Waals surface area contributed by atoms with Crippen molar-refractivity contribution in [3.8, 4) is 62.5 Å². The summed E-state index contributed by atoms with van der Waals surface area (Å²) < 4.78 is 12.9. The molecule has 6 aromatic rings. The first-order valence-corrected chi connectivity index (χ1v) is 13.2. The van der Waals surface area contributed by atoms with E-state index in [0.29, 0.717) is 22.8 Å². The van der Waals surface area contributed by atoms with Crippen molar-refractivity contribution >= 4 is 23.1 Å². The van der Waals surface area contributed by atoms with Crippen LogP contribution in [0.2, 0.25) is 0 Å². The van der Waals surface area contributed by atoms with Gasteiger partial charge in [0, 0.05) is 22.2 Å². The van der Waals surface area contributed by atoms with Crippen LogP contribution >= 0.6 is 0 Å². The lowest BCUT2D eigenvalue weighted by molar-refractivity contribution is 0.462. The molecule has 0 aliphatic carbocycles. The highest BCUT2D eigenvalue weighted by atomic mass is 16.5. The maximum atomic E-state index is 10.4. The van der Waals surface area contributed by atoms with Gasteiger partial charge < -0.3 is 14.6 Å². The maximum Gasteiger partial charge on any atom is 0.260 e. The van der Waals surface area contributed by atoms with Crippen LogP contribution in [0.25, 0.3) is 33.8 Å². The van der Waals surface area contributed by atoms with E-state index in [-0.39, 0.29) is 12.5 Å². The van der Waals surface area contributed by atoms with Crippen molar-refractivity contribution in [2.45, 2.75) is 0 Å². The third-order valence-electron chi connectivity index (χ3n) is 7.58. The Morgan fingerprint density at radius 3 is 2.10 bits per heavy atom. The van der Waals surface area contributed by atoms with Crippen LogP contribution in [0.15, 0.2) is 121 Å². The quantitative estimate of drug-likeness (QED) is 0.296. The minimum atomic E-state index is -0.0123. The van der Waals surface area contributed by atoms with Crippen molar-refractivity contribution < 1.29 is 14.6 Å². The molecule has 0 saturated carbocycles. The van der Waals surface area contributed by atoms with Crippen LogP contribution in [0.4, 0.5) is 0 Å². The predicted molar refractivity (Wildman–Crippen MR) is 158 cm³/mol. The normalized spacial score (nSPS) is 12.4. The average Bonchev–Trinajstić information content (AvgIpc) is 3.01. The lowest BCUT2D eigenvalue weighted by atomic mass is 9.35. The number of ether oxygens (including phenoxy) is 2. The van der Waals surface area contributed by atoms with E-state index in [1.807, 2.05) is 84.9 Å². The van der Waals surface area contributed by atoms with Crippen LogP contribution in [-0.4, -0.2) is 21.8 Å². The van der Waals surface area contributed by atoms with Crippen molar-refractivity contribution in [1.82, 2.24) is 9.97 Å². The van der Waals surface area contributed by atoms with Gasteiger partial charge in [0.05, 0.1) is 17.6 Å². The number of phenols is 1. The van der Waals surface area contributed by atoms with Crippen molar-refractivity contribution in [3.05, 3.63) is 121 Å². The van der Waals surface area contributed by atoms with Gasteiger partial charge in [-0.1, -0.05) is 72.8 Å². The third kappa shape index (κ3) is 3.50. The number of para-hydroxylation sites is 3. The number of phenolic OH excluding ortho intramolecular Hbond substituents is 1. The van der Waals surface area contributed by atoms with E-state index in [1.54, 1.807) is 18.3 Å². The second-order valence-electron chi connectivity index (χ2n) is 9.93. The first-order chi connectivity index (χ1) is 19.7. The number of fused-ring (bicyclic) bond motifs is 4. The van der Waals surface area contributed by atoms with Gasteiger partial charge in [0.15, 0.2) is 5.75 Å². The second-order valence-corrected chi connectivity index (χ2v) is 9.93. The molecule has 0 amide bonds. The molecule has 2 aliphatic rings. The lowest BCUT2D eigenvalue weighted by Gasteiger charge is -2.33. The van der Waals surface area contributed by atoms with Crippen molar-refractivity contribution in [3.63, 3.8) is 0 Å². The number of hydrogen-bond acceptors (Lipinski definition) is 5. The van der Waals surface area contributed by atoms with Crippen molar-refractivity contribution in [1.29, 1.82) is 0 Å². The SMILES string of the molecule is Oc1ccccc1-c1cccc(-c2cccc(-c3ncc4c5c3Oc3ccccc3B5c3ccccc3O4)c2)n1. The highest BCUT2D eigenvalue weighted by molar-refractivity contribution is 6.98. The largest absolute Gasteiger partial charge is 0.507 e. The summed E-state index contributed by atoms with van der Waals surface area (Å²) in [5.74, 6) is 3.29. The van der Waals surface area contributed by atoms with Gasteiger partial charge in [0.2, 0.25) is 0 Å². The Bertz CT molecular complexity index is 1940. The molecule has 6 heteroatoms. The molecule has 0 saturated heterocycles. The Labute approximate surface area is 231 Å². The summed E-state index contributed by atoms with van der Waals surface area (Å²) in [6.07, 6.45) is 1.80. The van der Waals surface area contributed by atoms with Gasteiger partial charge in [-0.25, -0.2) is 9.97 Å². The second kappa shape index (κ2) is 8.85. The van der Waals surface area contributed by atoms with Crippen LogP contribution < -0.4 is 25.9 Å². The topological polar surface area (TPSA) is 64.5 Å². The molecule has 8 rings (SSSR count). The number of aromatic nitrogens is 2. The van der Waals surface area contributed by atoms with Gasteiger partial charge in [-0.2, -0.15) is 0 Å². The van der Waals surface area contributed by atoms with Crippen LogP contribution in [-0.2, 0) is 0 Å². The summed E-state index contributed by atoms with van der Waals surface area (Å²) in [5, 5.41) is 10.4. The zero-order chi connectivity index (χ0) is 26.6. The van der Waals surface area contributed by atoms with Gasteiger partial charge in [-0.15, -0.1) is 0 Å². The Hall–Kier alpha value is -5.36. The van der Waals surface area contributed by atoms with Crippen LogP contribution in [0, 0.1) is 0 Å². The summed E-state index contributed by atoms with van der Waals surface area (Å²) in [4.78, 5) is 9.72. The molecule has 0 fully saturated rings. The maximum absolute atomic E-state index is 10.4. The van der Waals surface area contributed by atoms with Crippen LogP contribution in [0.1, 0.15) is 0 Å². The fourth-order valence-corrected chi connectivity index (χ4v) is 5.75. The van der Waals surface area contributed by atoms with Gasteiger partial charge in [-0.3, -0.25) is 0 Å². The van der Waals surface area contributed by atoms with E-state index < -0.39 is 0 Å². The molecule has 5 nitrogen and oxygen atoms in total. The molecule has 4 heterocycles. The van der Waals surface area contributed by atoms with Gasteiger partial charge in [-0.05, 0) is 53.4 Å². The zero-order valence-electron chi connectivity index (χ0n) is 21.3. The highest BCUT2D eigenvalue weighted by Gasteiger charge is 2.41. The number of aromatic hydroxyl groups is 1. The molecule has 188 valence electrons. The van der Waals surface area contributed by atoms with Gasteiger partial charge >= 0.3 is 0 Å². The Kier molecular flexibility index (Phi) is 5.00. The fraction of sp³-hybridized carbons (Fsp3) is 0. The zero-order valence-corrected chi connectivity index (χ0v) is 21.3. The molecule has 4 aromatic carbocycles. The van der Waals surface area contributed by atoms with E-state index >= 15 is 0 Å². The molecule has 0 radical (unpaired) electrons. The summed E-state index contributed by atoms with van der Waals surface area (Å²) in [7, 11) is 0. The average molecular weight is 516 g/mol. The molecule has 1 N–H and O–H groups in total. The summed E-state index contributed by atoms with van der Waals surface area (Å²) in [6.45, 7) is -0.0123. The van der Waals surface area contributed by atoms with Crippen LogP contribution in [0.3, 0.4) is 0 Å². The molecule has 0 spiro atoms. The number of rotatable bonds is 3. The third-order valence-corrected chi connectivity index (χ3v) is 7.58. The van der Waals surface area contributed by atoms with Crippen LogP contribution in [0.5, 0.6) is 28.7 Å². The van der Waals surface area contributed by atoms with E-state index in [0.717, 1.165) is 50.4 Å². The number of hydrogen-bond donors (Lipinski definition) is 1. The van der Waals surface area contributed by atoms with E-state index in [2.05, 4.69) is 18.2 Å².